The third kappa shape index (κ3) is 1.70. The molecule has 0 atom stereocenters. The molecule has 0 saturated heterocycles. The van der Waals surface area contributed by atoms with Crippen LogP contribution in [0.2, 0.25) is 0 Å². The number of hydrogen-bond acceptors (Lipinski definition) is 4. The van der Waals surface area contributed by atoms with Crippen molar-refractivity contribution in [1.82, 2.24) is 4.98 Å². The normalized spacial score (nSPS) is 10.9. The highest BCUT2D eigenvalue weighted by atomic mass is 79.9. The summed E-state index contributed by atoms with van der Waals surface area (Å²) in [7, 11) is 0. The monoisotopic (exact) mass is 307 g/mol. The molecular formula is C12H6BrNO4. The van der Waals surface area contributed by atoms with E-state index in [2.05, 4.69) is 20.9 Å². The lowest BCUT2D eigenvalue weighted by molar-refractivity contribution is 0.0697. The molecule has 0 saturated carbocycles. The molecule has 0 unspecified atom stereocenters. The lowest BCUT2D eigenvalue weighted by atomic mass is 10.2. The summed E-state index contributed by atoms with van der Waals surface area (Å²) in [5.41, 5.74) is 1.89. The highest BCUT2D eigenvalue weighted by Gasteiger charge is 2.14. The summed E-state index contributed by atoms with van der Waals surface area (Å²) >= 11 is 3.24. The SMILES string of the molecule is O=C(O)c1ccc2oc(-c3ccoc3Br)nc2c1. The number of carboxylic acid groups (broad SMARTS) is 1. The van der Waals surface area contributed by atoms with E-state index in [1.165, 1.54) is 18.4 Å². The molecule has 3 aromatic rings. The number of carboxylic acids is 1. The molecule has 0 spiro atoms. The van der Waals surface area contributed by atoms with Gasteiger partial charge < -0.3 is 13.9 Å². The van der Waals surface area contributed by atoms with Gasteiger partial charge in [0.05, 0.1) is 17.4 Å². The minimum Gasteiger partial charge on any atom is -0.478 e. The van der Waals surface area contributed by atoms with Crippen molar-refractivity contribution in [3.63, 3.8) is 0 Å². The zero-order valence-electron chi connectivity index (χ0n) is 8.88. The zero-order valence-corrected chi connectivity index (χ0v) is 10.5. The van der Waals surface area contributed by atoms with Gasteiger partial charge in [-0.1, -0.05) is 0 Å². The van der Waals surface area contributed by atoms with Crippen molar-refractivity contribution in [3.8, 4) is 11.5 Å². The number of halogens is 1. The molecule has 18 heavy (non-hydrogen) atoms. The van der Waals surface area contributed by atoms with Gasteiger partial charge in [0.2, 0.25) is 5.89 Å². The van der Waals surface area contributed by atoms with Gasteiger partial charge in [0.1, 0.15) is 5.52 Å². The van der Waals surface area contributed by atoms with Crippen LogP contribution >= 0.6 is 15.9 Å². The third-order valence-electron chi connectivity index (χ3n) is 2.48. The van der Waals surface area contributed by atoms with E-state index in [-0.39, 0.29) is 5.56 Å². The number of aromatic nitrogens is 1. The molecule has 0 aliphatic heterocycles. The van der Waals surface area contributed by atoms with Crippen LogP contribution in [-0.2, 0) is 0 Å². The highest BCUT2D eigenvalue weighted by molar-refractivity contribution is 9.10. The second kappa shape index (κ2) is 3.99. The van der Waals surface area contributed by atoms with Crippen LogP contribution in [-0.4, -0.2) is 16.1 Å². The number of hydrogen-bond donors (Lipinski definition) is 1. The van der Waals surface area contributed by atoms with Crippen LogP contribution < -0.4 is 0 Å². The van der Waals surface area contributed by atoms with Crippen molar-refractivity contribution in [2.24, 2.45) is 0 Å². The van der Waals surface area contributed by atoms with Crippen molar-refractivity contribution in [1.29, 1.82) is 0 Å². The Morgan fingerprint density at radius 2 is 2.17 bits per heavy atom. The first kappa shape index (κ1) is 11.0. The Labute approximate surface area is 109 Å². The van der Waals surface area contributed by atoms with Gasteiger partial charge in [-0.25, -0.2) is 9.78 Å². The molecular weight excluding hydrogens is 302 g/mol. The van der Waals surface area contributed by atoms with Gasteiger partial charge in [0.25, 0.3) is 0 Å². The molecule has 2 aromatic heterocycles. The van der Waals surface area contributed by atoms with E-state index >= 15 is 0 Å². The fourth-order valence-corrected chi connectivity index (χ4v) is 2.03. The minimum absolute atomic E-state index is 0.175. The quantitative estimate of drug-likeness (QED) is 0.783. The van der Waals surface area contributed by atoms with E-state index in [9.17, 15) is 4.79 Å². The number of fused-ring (bicyclic) bond motifs is 1. The summed E-state index contributed by atoms with van der Waals surface area (Å²) < 4.78 is 11.2. The average molecular weight is 308 g/mol. The molecule has 90 valence electrons. The smallest absolute Gasteiger partial charge is 0.335 e. The summed E-state index contributed by atoms with van der Waals surface area (Å²) in [6.07, 6.45) is 1.51. The summed E-state index contributed by atoms with van der Waals surface area (Å²) in [5.74, 6) is -0.612. The first-order valence-electron chi connectivity index (χ1n) is 5.02. The zero-order chi connectivity index (χ0) is 12.7. The summed E-state index contributed by atoms with van der Waals surface area (Å²) in [5, 5.41) is 8.90. The van der Waals surface area contributed by atoms with Gasteiger partial charge in [-0.2, -0.15) is 0 Å². The first-order valence-corrected chi connectivity index (χ1v) is 5.82. The van der Waals surface area contributed by atoms with Gasteiger partial charge in [-0.15, -0.1) is 0 Å². The van der Waals surface area contributed by atoms with Crippen LogP contribution in [0.25, 0.3) is 22.6 Å². The number of rotatable bonds is 2. The third-order valence-corrected chi connectivity index (χ3v) is 3.10. The number of aromatic carboxylic acids is 1. The van der Waals surface area contributed by atoms with Crippen molar-refractivity contribution in [2.75, 3.05) is 0 Å². The van der Waals surface area contributed by atoms with Crippen LogP contribution in [0.15, 0.2) is 44.0 Å². The number of nitrogens with zero attached hydrogens (tertiary/aromatic N) is 1. The molecule has 0 aliphatic carbocycles. The highest BCUT2D eigenvalue weighted by Crippen LogP contribution is 2.31. The van der Waals surface area contributed by atoms with Crippen molar-refractivity contribution >= 4 is 33.0 Å². The summed E-state index contributed by atoms with van der Waals surface area (Å²) in [6, 6.07) is 6.25. The molecule has 0 radical (unpaired) electrons. The predicted octanol–water partition coefficient (Wildman–Crippen LogP) is 3.55. The van der Waals surface area contributed by atoms with Crippen LogP contribution in [0.1, 0.15) is 10.4 Å². The standard InChI is InChI=1S/C12H6BrNO4/c13-10-7(3-4-17-10)11-14-8-5-6(12(15)16)1-2-9(8)18-11/h1-5H,(H,15,16). The van der Waals surface area contributed by atoms with E-state index in [0.717, 1.165) is 0 Å². The van der Waals surface area contributed by atoms with E-state index in [1.807, 2.05) is 0 Å². The van der Waals surface area contributed by atoms with Crippen molar-refractivity contribution in [3.05, 3.63) is 40.8 Å². The van der Waals surface area contributed by atoms with Gasteiger partial charge in [0.15, 0.2) is 10.3 Å². The molecule has 0 fully saturated rings. The van der Waals surface area contributed by atoms with E-state index < -0.39 is 5.97 Å². The molecule has 2 heterocycles. The lowest BCUT2D eigenvalue weighted by Gasteiger charge is -1.91. The Balaban J connectivity index is 2.17. The average Bonchev–Trinajstić information content (AvgIpc) is 2.92. The number of furan rings is 1. The van der Waals surface area contributed by atoms with Gasteiger partial charge in [0, 0.05) is 0 Å². The number of oxazole rings is 1. The topological polar surface area (TPSA) is 76.5 Å². The Bertz CT molecular complexity index is 743. The number of carbonyl (C=O) groups is 1. The Kier molecular flexibility index (Phi) is 2.45. The lowest BCUT2D eigenvalue weighted by Crippen LogP contribution is -1.94. The van der Waals surface area contributed by atoms with Crippen molar-refractivity contribution in [2.45, 2.75) is 0 Å². The Morgan fingerprint density at radius 1 is 1.33 bits per heavy atom. The molecule has 6 heteroatoms. The van der Waals surface area contributed by atoms with Gasteiger partial charge in [-0.05, 0) is 40.2 Å². The summed E-state index contributed by atoms with van der Waals surface area (Å²) in [6.45, 7) is 0. The molecule has 0 bridgehead atoms. The van der Waals surface area contributed by atoms with Crippen molar-refractivity contribution < 1.29 is 18.7 Å². The van der Waals surface area contributed by atoms with E-state index in [4.69, 9.17) is 13.9 Å². The molecule has 0 amide bonds. The maximum absolute atomic E-state index is 10.9. The molecule has 5 nitrogen and oxygen atoms in total. The van der Waals surface area contributed by atoms with Crippen LogP contribution in [0.4, 0.5) is 0 Å². The molecule has 3 rings (SSSR count). The Hall–Kier alpha value is -2.08. The fraction of sp³-hybridized carbons (Fsp3) is 0. The maximum atomic E-state index is 10.9. The maximum Gasteiger partial charge on any atom is 0.335 e. The molecule has 0 aliphatic rings. The second-order valence-electron chi connectivity index (χ2n) is 3.61. The van der Waals surface area contributed by atoms with Gasteiger partial charge >= 0.3 is 5.97 Å². The minimum atomic E-state index is -0.994. The van der Waals surface area contributed by atoms with Crippen LogP contribution in [0.3, 0.4) is 0 Å². The number of benzene rings is 1. The van der Waals surface area contributed by atoms with Crippen LogP contribution in [0.5, 0.6) is 0 Å². The second-order valence-corrected chi connectivity index (χ2v) is 4.33. The van der Waals surface area contributed by atoms with E-state index in [0.29, 0.717) is 27.2 Å². The predicted molar refractivity (Wildman–Crippen MR) is 66.4 cm³/mol. The first-order chi connectivity index (χ1) is 8.65. The summed E-state index contributed by atoms with van der Waals surface area (Å²) in [4.78, 5) is 15.1. The largest absolute Gasteiger partial charge is 0.478 e. The van der Waals surface area contributed by atoms with Crippen LogP contribution in [0, 0.1) is 0 Å². The molecule has 1 N–H and O–H groups in total. The van der Waals surface area contributed by atoms with E-state index in [1.54, 1.807) is 12.1 Å². The van der Waals surface area contributed by atoms with Gasteiger partial charge in [-0.3, -0.25) is 0 Å². The molecule has 1 aromatic carbocycles. The Morgan fingerprint density at radius 3 is 2.83 bits per heavy atom. The fourth-order valence-electron chi connectivity index (χ4n) is 1.62.